The zero-order valence-corrected chi connectivity index (χ0v) is 12.8. The number of fused-ring (bicyclic) bond motifs is 5. The lowest BCUT2D eigenvalue weighted by molar-refractivity contribution is 0.0533. The number of aromatic nitrogens is 1. The predicted octanol–water partition coefficient (Wildman–Crippen LogP) is 4.73. The van der Waals surface area contributed by atoms with Crippen molar-refractivity contribution in [1.29, 1.82) is 0 Å². The lowest BCUT2D eigenvalue weighted by Gasteiger charge is -2.10. The average molecular weight is 307 g/mol. The van der Waals surface area contributed by atoms with Crippen LogP contribution in [0.4, 0.5) is 0 Å². The molecule has 0 amide bonds. The molecular formula is C18H13NO2S. The number of hydrogen-bond donors (Lipinski definition) is 0. The van der Waals surface area contributed by atoms with Gasteiger partial charge in [-0.1, -0.05) is 36.4 Å². The van der Waals surface area contributed by atoms with Gasteiger partial charge in [0.1, 0.15) is 4.88 Å². The molecule has 0 saturated heterocycles. The van der Waals surface area contributed by atoms with E-state index >= 15 is 0 Å². The Labute approximate surface area is 131 Å². The van der Waals surface area contributed by atoms with E-state index in [1.165, 1.54) is 11.3 Å². The van der Waals surface area contributed by atoms with Crippen LogP contribution in [0.15, 0.2) is 48.5 Å². The van der Waals surface area contributed by atoms with E-state index in [1.54, 1.807) is 0 Å². The van der Waals surface area contributed by atoms with E-state index in [0.717, 1.165) is 32.2 Å². The first-order chi connectivity index (χ1) is 10.8. The predicted molar refractivity (Wildman–Crippen MR) is 89.7 cm³/mol. The minimum Gasteiger partial charge on any atom is -0.462 e. The molecule has 4 heteroatoms. The molecule has 0 fully saturated rings. The third-order valence-corrected chi connectivity index (χ3v) is 4.84. The van der Waals surface area contributed by atoms with E-state index in [1.807, 2.05) is 49.4 Å². The fourth-order valence-electron chi connectivity index (χ4n) is 2.76. The number of para-hydroxylation sites is 1. The van der Waals surface area contributed by atoms with Crippen molar-refractivity contribution in [3.63, 3.8) is 0 Å². The molecule has 0 aromatic heterocycles. The van der Waals surface area contributed by atoms with Gasteiger partial charge in [-0.15, -0.1) is 11.3 Å². The zero-order chi connectivity index (χ0) is 15.1. The Morgan fingerprint density at radius 3 is 2.64 bits per heavy atom. The van der Waals surface area contributed by atoms with E-state index in [4.69, 9.17) is 9.72 Å². The van der Waals surface area contributed by atoms with Crippen molar-refractivity contribution in [2.75, 3.05) is 6.61 Å². The molecule has 0 aliphatic carbocycles. The van der Waals surface area contributed by atoms with Gasteiger partial charge in [0.05, 0.1) is 17.8 Å². The number of benzene rings is 2. The number of esters is 1. The zero-order valence-electron chi connectivity index (χ0n) is 12.0. The minimum absolute atomic E-state index is 0.276. The van der Waals surface area contributed by atoms with Crippen LogP contribution >= 0.6 is 11.3 Å². The van der Waals surface area contributed by atoms with E-state index < -0.39 is 0 Å². The van der Waals surface area contributed by atoms with Gasteiger partial charge >= 0.3 is 5.97 Å². The molecule has 0 saturated carbocycles. The Morgan fingerprint density at radius 2 is 1.82 bits per heavy atom. The van der Waals surface area contributed by atoms with Gasteiger partial charge < -0.3 is 4.74 Å². The number of rotatable bonds is 2. The highest BCUT2D eigenvalue weighted by Gasteiger charge is 2.24. The van der Waals surface area contributed by atoms with Crippen molar-refractivity contribution in [2.24, 2.45) is 0 Å². The molecule has 2 heterocycles. The summed E-state index contributed by atoms with van der Waals surface area (Å²) in [4.78, 5) is 17.8. The third kappa shape index (κ3) is 1.88. The first-order valence-electron chi connectivity index (χ1n) is 7.16. The Hall–Kier alpha value is -2.46. The number of ether oxygens (including phenoxy) is 1. The van der Waals surface area contributed by atoms with Crippen LogP contribution in [0.2, 0.25) is 0 Å². The second kappa shape index (κ2) is 5.07. The van der Waals surface area contributed by atoms with Gasteiger partial charge in [-0.3, -0.25) is 0 Å². The van der Waals surface area contributed by atoms with Crippen molar-refractivity contribution in [1.82, 2.24) is 4.98 Å². The molecule has 0 atom stereocenters. The molecule has 2 aromatic carbocycles. The molecular weight excluding hydrogens is 294 g/mol. The molecule has 2 aliphatic rings. The lowest BCUT2D eigenvalue weighted by Crippen LogP contribution is -2.05. The van der Waals surface area contributed by atoms with Crippen LogP contribution in [-0.4, -0.2) is 17.6 Å². The quantitative estimate of drug-likeness (QED) is 0.502. The maximum atomic E-state index is 12.4. The SMILES string of the molecule is CCOC(=O)c1sc2ccccc2c2nc3ccccc3c1-2. The van der Waals surface area contributed by atoms with Gasteiger partial charge in [0, 0.05) is 21.0 Å². The number of carbonyl (C=O) groups excluding carboxylic acids is 1. The standard InChI is InChI=1S/C18H13NO2S/c1-2-21-18(20)17-15-11-7-3-5-9-13(11)19-16(15)12-8-4-6-10-14(12)22-17/h3-10H,2H2,1H3. The van der Waals surface area contributed by atoms with Gasteiger partial charge in [-0.05, 0) is 19.1 Å². The fraction of sp³-hybridized carbons (Fsp3) is 0.111. The van der Waals surface area contributed by atoms with Crippen LogP contribution in [0.3, 0.4) is 0 Å². The Kier molecular flexibility index (Phi) is 3.05. The van der Waals surface area contributed by atoms with Crippen molar-refractivity contribution < 1.29 is 9.53 Å². The lowest BCUT2D eigenvalue weighted by atomic mass is 10.1. The van der Waals surface area contributed by atoms with E-state index in [0.29, 0.717) is 11.5 Å². The molecule has 0 radical (unpaired) electrons. The van der Waals surface area contributed by atoms with Gasteiger partial charge in [0.25, 0.3) is 0 Å². The highest BCUT2D eigenvalue weighted by molar-refractivity contribution is 7.20. The number of carbonyl (C=O) groups is 1. The summed E-state index contributed by atoms with van der Waals surface area (Å²) in [6, 6.07) is 16.0. The highest BCUT2D eigenvalue weighted by Crippen LogP contribution is 2.42. The first-order valence-corrected chi connectivity index (χ1v) is 7.98. The summed E-state index contributed by atoms with van der Waals surface area (Å²) in [6.07, 6.45) is 0. The topological polar surface area (TPSA) is 39.2 Å². The molecule has 108 valence electrons. The second-order valence-corrected chi connectivity index (χ2v) is 6.05. The third-order valence-electron chi connectivity index (χ3n) is 3.68. The summed E-state index contributed by atoms with van der Waals surface area (Å²) in [6.45, 7) is 2.19. The Morgan fingerprint density at radius 1 is 1.09 bits per heavy atom. The van der Waals surface area contributed by atoms with Gasteiger partial charge in [0.2, 0.25) is 0 Å². The molecule has 0 unspecified atom stereocenters. The monoisotopic (exact) mass is 307 g/mol. The molecule has 2 aromatic rings. The molecule has 4 rings (SSSR count). The van der Waals surface area contributed by atoms with E-state index in [-0.39, 0.29) is 5.97 Å². The molecule has 0 bridgehead atoms. The van der Waals surface area contributed by atoms with Crippen LogP contribution < -0.4 is 0 Å². The van der Waals surface area contributed by atoms with Crippen molar-refractivity contribution >= 4 is 38.3 Å². The smallest absolute Gasteiger partial charge is 0.349 e. The van der Waals surface area contributed by atoms with Crippen LogP contribution in [-0.2, 0) is 4.74 Å². The summed E-state index contributed by atoms with van der Waals surface area (Å²) in [5, 5.41) is 2.08. The van der Waals surface area contributed by atoms with E-state index in [2.05, 4.69) is 6.07 Å². The molecule has 0 N–H and O–H groups in total. The number of nitrogens with zero attached hydrogens (tertiary/aromatic N) is 1. The molecule has 0 spiro atoms. The minimum atomic E-state index is -0.276. The Balaban J connectivity index is 2.17. The molecule has 22 heavy (non-hydrogen) atoms. The Bertz CT molecular complexity index is 973. The largest absolute Gasteiger partial charge is 0.462 e. The summed E-state index contributed by atoms with van der Waals surface area (Å²) in [7, 11) is 0. The van der Waals surface area contributed by atoms with Crippen molar-refractivity contribution in [3.05, 3.63) is 53.4 Å². The molecule has 2 aliphatic heterocycles. The van der Waals surface area contributed by atoms with Gasteiger partial charge in [-0.25, -0.2) is 9.78 Å². The van der Waals surface area contributed by atoms with Crippen molar-refractivity contribution in [3.8, 4) is 11.3 Å². The fourth-order valence-corrected chi connectivity index (χ4v) is 3.86. The van der Waals surface area contributed by atoms with Crippen LogP contribution in [0, 0.1) is 0 Å². The molecule has 3 nitrogen and oxygen atoms in total. The second-order valence-electron chi connectivity index (χ2n) is 5.00. The van der Waals surface area contributed by atoms with Crippen LogP contribution in [0.5, 0.6) is 0 Å². The summed E-state index contributed by atoms with van der Waals surface area (Å²) in [5.74, 6) is -0.276. The summed E-state index contributed by atoms with van der Waals surface area (Å²) < 4.78 is 6.29. The number of hydrogen-bond acceptors (Lipinski definition) is 4. The van der Waals surface area contributed by atoms with Crippen molar-refractivity contribution in [2.45, 2.75) is 6.92 Å². The summed E-state index contributed by atoms with van der Waals surface area (Å²) in [5.41, 5.74) is 2.68. The summed E-state index contributed by atoms with van der Waals surface area (Å²) >= 11 is 1.47. The normalized spacial score (nSPS) is 11.3. The maximum Gasteiger partial charge on any atom is 0.349 e. The van der Waals surface area contributed by atoms with Crippen LogP contribution in [0.1, 0.15) is 16.6 Å². The highest BCUT2D eigenvalue weighted by atomic mass is 32.1. The van der Waals surface area contributed by atoms with Crippen LogP contribution in [0.25, 0.3) is 32.2 Å². The maximum absolute atomic E-state index is 12.4. The average Bonchev–Trinajstić information content (AvgIpc) is 2.94. The van der Waals surface area contributed by atoms with Gasteiger partial charge in [-0.2, -0.15) is 0 Å². The van der Waals surface area contributed by atoms with Gasteiger partial charge in [0.15, 0.2) is 0 Å². The van der Waals surface area contributed by atoms with E-state index in [9.17, 15) is 4.79 Å². The first kappa shape index (κ1) is 13.2.